The summed E-state index contributed by atoms with van der Waals surface area (Å²) >= 11 is 0. The molecule has 1 amide bonds. The molecule has 2 aromatic heterocycles. The predicted molar refractivity (Wildman–Crippen MR) is 60.0 cm³/mol. The van der Waals surface area contributed by atoms with Gasteiger partial charge >= 0.3 is 0 Å². The van der Waals surface area contributed by atoms with Crippen LogP contribution in [0, 0.1) is 6.92 Å². The van der Waals surface area contributed by atoms with Crippen molar-refractivity contribution in [3.63, 3.8) is 0 Å². The van der Waals surface area contributed by atoms with Gasteiger partial charge < -0.3 is 4.74 Å². The summed E-state index contributed by atoms with van der Waals surface area (Å²) in [6.45, 7) is 2.06. The highest BCUT2D eigenvalue weighted by atomic mass is 16.6. The van der Waals surface area contributed by atoms with Crippen LogP contribution in [0.3, 0.4) is 0 Å². The summed E-state index contributed by atoms with van der Waals surface area (Å²) in [4.78, 5) is 17.6. The summed E-state index contributed by atoms with van der Waals surface area (Å²) in [7, 11) is 0. The Bertz CT molecular complexity index is 595. The molecule has 1 aliphatic rings. The van der Waals surface area contributed by atoms with E-state index in [4.69, 9.17) is 4.74 Å². The molecule has 0 bridgehead atoms. The molecule has 92 valence electrons. The molecule has 0 unspecified atom stereocenters. The molecule has 7 nitrogen and oxygen atoms in total. The van der Waals surface area contributed by atoms with Gasteiger partial charge in [0.25, 0.3) is 5.91 Å². The van der Waals surface area contributed by atoms with E-state index in [0.29, 0.717) is 23.0 Å². The Morgan fingerprint density at radius 2 is 2.33 bits per heavy atom. The smallest absolute Gasteiger partial charge is 0.266 e. The summed E-state index contributed by atoms with van der Waals surface area (Å²) in [6.07, 6.45) is 1.61. The minimum atomic E-state index is -0.163. The fourth-order valence-corrected chi connectivity index (χ4v) is 1.74. The lowest BCUT2D eigenvalue weighted by Gasteiger charge is -2.27. The molecule has 0 aliphatic carbocycles. The van der Waals surface area contributed by atoms with E-state index < -0.39 is 0 Å². The van der Waals surface area contributed by atoms with Gasteiger partial charge in [0.05, 0.1) is 6.54 Å². The van der Waals surface area contributed by atoms with Crippen LogP contribution in [0.15, 0.2) is 23.0 Å². The number of rotatable bonds is 2. The van der Waals surface area contributed by atoms with E-state index in [-0.39, 0.29) is 19.1 Å². The molecule has 0 saturated carbocycles. The number of aryl methyl sites for hydroxylation is 1. The molecule has 0 radical (unpaired) electrons. The van der Waals surface area contributed by atoms with Crippen LogP contribution in [-0.4, -0.2) is 27.8 Å². The van der Waals surface area contributed by atoms with E-state index in [0.717, 1.165) is 0 Å². The summed E-state index contributed by atoms with van der Waals surface area (Å²) in [5.74, 6) is 0.922. The maximum absolute atomic E-state index is 11.9. The molecule has 18 heavy (non-hydrogen) atoms. The van der Waals surface area contributed by atoms with Gasteiger partial charge in [0, 0.05) is 6.20 Å². The van der Waals surface area contributed by atoms with Crippen molar-refractivity contribution in [2.75, 3.05) is 11.5 Å². The van der Waals surface area contributed by atoms with Crippen molar-refractivity contribution in [2.45, 2.75) is 13.5 Å². The first kappa shape index (κ1) is 10.7. The van der Waals surface area contributed by atoms with E-state index >= 15 is 0 Å². The van der Waals surface area contributed by atoms with Gasteiger partial charge in [0.15, 0.2) is 18.2 Å². The Morgan fingerprint density at radius 1 is 1.44 bits per heavy atom. The van der Waals surface area contributed by atoms with Gasteiger partial charge in [0.1, 0.15) is 11.4 Å². The Hall–Kier alpha value is -2.44. The van der Waals surface area contributed by atoms with E-state index in [1.54, 1.807) is 25.3 Å². The maximum atomic E-state index is 11.9. The van der Waals surface area contributed by atoms with E-state index in [1.165, 1.54) is 4.90 Å². The third-order valence-corrected chi connectivity index (χ3v) is 2.71. The van der Waals surface area contributed by atoms with E-state index in [1.807, 2.05) is 0 Å². The number of amides is 1. The highest BCUT2D eigenvalue weighted by Crippen LogP contribution is 2.30. The van der Waals surface area contributed by atoms with Gasteiger partial charge in [-0.05, 0) is 19.1 Å². The van der Waals surface area contributed by atoms with Crippen molar-refractivity contribution in [3.05, 3.63) is 29.7 Å². The van der Waals surface area contributed by atoms with Crippen LogP contribution < -0.4 is 9.64 Å². The molecule has 7 heteroatoms. The zero-order valence-electron chi connectivity index (χ0n) is 9.66. The molecule has 0 saturated heterocycles. The van der Waals surface area contributed by atoms with Crippen molar-refractivity contribution < 1.29 is 14.2 Å². The van der Waals surface area contributed by atoms with E-state index in [9.17, 15) is 4.79 Å². The second-order valence-electron chi connectivity index (χ2n) is 3.89. The van der Waals surface area contributed by atoms with Crippen molar-refractivity contribution in [1.82, 2.24) is 15.3 Å². The fourth-order valence-electron chi connectivity index (χ4n) is 1.74. The molecule has 0 atom stereocenters. The summed E-state index contributed by atoms with van der Waals surface area (Å²) in [5, 5.41) is 7.46. The molecule has 0 N–H and O–H groups in total. The first-order valence-corrected chi connectivity index (χ1v) is 5.42. The zero-order valence-corrected chi connectivity index (χ0v) is 9.66. The normalized spacial score (nSPS) is 14.3. The number of hydrogen-bond acceptors (Lipinski definition) is 6. The Labute approximate surface area is 102 Å². The quantitative estimate of drug-likeness (QED) is 0.775. The minimum absolute atomic E-state index is 0.00300. The number of ether oxygens (including phenoxy) is 1. The highest BCUT2D eigenvalue weighted by Gasteiger charge is 2.28. The fraction of sp³-hybridized carbons (Fsp3) is 0.273. The van der Waals surface area contributed by atoms with Gasteiger partial charge in [-0.25, -0.2) is 9.61 Å². The van der Waals surface area contributed by atoms with Crippen LogP contribution >= 0.6 is 0 Å². The number of anilines is 1. The van der Waals surface area contributed by atoms with Gasteiger partial charge in [-0.2, -0.15) is 0 Å². The monoisotopic (exact) mass is 246 g/mol. The average Bonchev–Trinajstić information content (AvgIpc) is 2.79. The van der Waals surface area contributed by atoms with Gasteiger partial charge in [-0.3, -0.25) is 9.69 Å². The molecule has 0 spiro atoms. The largest absolute Gasteiger partial charge is 0.480 e. The van der Waals surface area contributed by atoms with Gasteiger partial charge in [-0.1, -0.05) is 10.3 Å². The van der Waals surface area contributed by atoms with Gasteiger partial charge in [-0.15, -0.1) is 0 Å². The number of pyridine rings is 1. The molecule has 2 aromatic rings. The van der Waals surface area contributed by atoms with Crippen molar-refractivity contribution in [2.24, 2.45) is 0 Å². The standard InChI is InChI=1S/C11H10N4O3/c1-7-8(14-18-13-7)5-15-10(16)6-17-9-3-2-4-12-11(9)15/h2-4H,5-6H2,1H3. The molecule has 0 aromatic carbocycles. The average molecular weight is 246 g/mol. The summed E-state index contributed by atoms with van der Waals surface area (Å²) in [6, 6.07) is 3.53. The predicted octanol–water partition coefficient (Wildman–Crippen LogP) is 0.699. The second-order valence-corrected chi connectivity index (χ2v) is 3.89. The molecular formula is C11H10N4O3. The third kappa shape index (κ3) is 1.69. The molecular weight excluding hydrogens is 236 g/mol. The SMILES string of the molecule is Cc1nonc1CN1C(=O)COc2cccnc21. The molecule has 0 fully saturated rings. The first-order valence-electron chi connectivity index (χ1n) is 5.42. The first-order chi connectivity index (χ1) is 8.75. The number of fused-ring (bicyclic) bond motifs is 1. The van der Waals surface area contributed by atoms with Crippen LogP contribution in [0.4, 0.5) is 5.82 Å². The lowest BCUT2D eigenvalue weighted by atomic mass is 10.2. The Morgan fingerprint density at radius 3 is 3.11 bits per heavy atom. The van der Waals surface area contributed by atoms with Gasteiger partial charge in [0.2, 0.25) is 0 Å². The molecule has 1 aliphatic heterocycles. The van der Waals surface area contributed by atoms with Crippen LogP contribution in [0.1, 0.15) is 11.4 Å². The maximum Gasteiger partial charge on any atom is 0.266 e. The minimum Gasteiger partial charge on any atom is -0.480 e. The van der Waals surface area contributed by atoms with Crippen molar-refractivity contribution in [1.29, 1.82) is 0 Å². The number of hydrogen-bond donors (Lipinski definition) is 0. The van der Waals surface area contributed by atoms with Crippen LogP contribution in [0.2, 0.25) is 0 Å². The third-order valence-electron chi connectivity index (χ3n) is 2.71. The number of carbonyl (C=O) groups excluding carboxylic acids is 1. The van der Waals surface area contributed by atoms with Crippen molar-refractivity contribution in [3.8, 4) is 5.75 Å². The van der Waals surface area contributed by atoms with Crippen LogP contribution in [0.25, 0.3) is 0 Å². The number of nitrogens with zero attached hydrogens (tertiary/aromatic N) is 4. The number of carbonyl (C=O) groups is 1. The molecule has 3 heterocycles. The van der Waals surface area contributed by atoms with Crippen molar-refractivity contribution >= 4 is 11.7 Å². The Balaban J connectivity index is 1.96. The lowest BCUT2D eigenvalue weighted by molar-refractivity contribution is -0.121. The number of aromatic nitrogens is 3. The second kappa shape index (κ2) is 4.10. The van der Waals surface area contributed by atoms with Crippen LogP contribution in [0.5, 0.6) is 5.75 Å². The molecule has 3 rings (SSSR count). The lowest BCUT2D eigenvalue weighted by Crippen LogP contribution is -2.39. The topological polar surface area (TPSA) is 81.4 Å². The summed E-state index contributed by atoms with van der Waals surface area (Å²) in [5.41, 5.74) is 1.27. The highest BCUT2D eigenvalue weighted by molar-refractivity contribution is 5.96. The van der Waals surface area contributed by atoms with E-state index in [2.05, 4.69) is 19.9 Å². The summed E-state index contributed by atoms with van der Waals surface area (Å²) < 4.78 is 9.92. The Kier molecular flexibility index (Phi) is 2.44. The van der Waals surface area contributed by atoms with Crippen LogP contribution in [-0.2, 0) is 11.3 Å². The zero-order chi connectivity index (χ0) is 12.5.